The van der Waals surface area contributed by atoms with E-state index in [-0.39, 0.29) is 17.3 Å². The molecule has 2 aliphatic heterocycles. The Balaban J connectivity index is 2.10. The number of hydrogen-bond donors (Lipinski definition) is 1. The Morgan fingerprint density at radius 2 is 2.35 bits per heavy atom. The first-order valence-corrected chi connectivity index (χ1v) is 6.81. The molecule has 2 aliphatic rings. The fraction of sp³-hybridized carbons (Fsp3) is 0.500. The maximum Gasteiger partial charge on any atom is 0.246 e. The maximum absolute atomic E-state index is 12.0. The first-order chi connectivity index (χ1) is 8.11. The van der Waals surface area contributed by atoms with E-state index in [0.29, 0.717) is 19.6 Å². The second-order valence-electron chi connectivity index (χ2n) is 4.22. The van der Waals surface area contributed by atoms with Crippen molar-refractivity contribution < 1.29 is 17.9 Å². The van der Waals surface area contributed by atoms with Gasteiger partial charge in [0.1, 0.15) is 10.5 Å². The van der Waals surface area contributed by atoms with Gasteiger partial charge < -0.3 is 9.47 Å². The summed E-state index contributed by atoms with van der Waals surface area (Å²) in [6.45, 7) is 1.17. The van der Waals surface area contributed by atoms with Gasteiger partial charge in [0.2, 0.25) is 15.9 Å². The number of hydrogen-bond acceptors (Lipinski definition) is 5. The SMILES string of the molecule is O=S1(=O)NC[C@@]2(CCOC2)Oc2ncccc21. The lowest BCUT2D eigenvalue weighted by Gasteiger charge is -2.25. The summed E-state index contributed by atoms with van der Waals surface area (Å²) < 4.78 is 37.5. The highest BCUT2D eigenvalue weighted by Gasteiger charge is 2.42. The van der Waals surface area contributed by atoms with Crippen LogP contribution in [-0.2, 0) is 14.8 Å². The first kappa shape index (κ1) is 10.9. The molecule has 0 unspecified atom stereocenters. The van der Waals surface area contributed by atoms with Crippen LogP contribution in [0, 0.1) is 0 Å². The summed E-state index contributed by atoms with van der Waals surface area (Å²) in [6, 6.07) is 3.06. The van der Waals surface area contributed by atoms with E-state index in [4.69, 9.17) is 9.47 Å². The molecule has 1 saturated heterocycles. The topological polar surface area (TPSA) is 77.5 Å². The van der Waals surface area contributed by atoms with E-state index < -0.39 is 15.6 Å². The molecule has 3 rings (SSSR count). The molecule has 92 valence electrons. The molecule has 1 aromatic rings. The van der Waals surface area contributed by atoms with Gasteiger partial charge >= 0.3 is 0 Å². The van der Waals surface area contributed by atoms with Crippen LogP contribution >= 0.6 is 0 Å². The lowest BCUT2D eigenvalue weighted by Crippen LogP contribution is -2.45. The van der Waals surface area contributed by atoms with Crippen molar-refractivity contribution in [2.24, 2.45) is 0 Å². The summed E-state index contributed by atoms with van der Waals surface area (Å²) >= 11 is 0. The Bertz CT molecular complexity index is 537. The van der Waals surface area contributed by atoms with Crippen LogP contribution < -0.4 is 9.46 Å². The summed E-state index contributed by atoms with van der Waals surface area (Å²) in [5, 5.41) is 0. The largest absolute Gasteiger partial charge is 0.466 e. The second kappa shape index (κ2) is 3.66. The second-order valence-corrected chi connectivity index (χ2v) is 5.95. The van der Waals surface area contributed by atoms with Crippen molar-refractivity contribution in [1.82, 2.24) is 9.71 Å². The molecule has 0 aliphatic carbocycles. The van der Waals surface area contributed by atoms with Crippen LogP contribution in [0.4, 0.5) is 0 Å². The number of nitrogens with one attached hydrogen (secondary N) is 1. The summed E-state index contributed by atoms with van der Waals surface area (Å²) in [5.74, 6) is 0.156. The van der Waals surface area contributed by atoms with Crippen LogP contribution in [0.1, 0.15) is 6.42 Å². The van der Waals surface area contributed by atoms with Gasteiger partial charge in [-0.25, -0.2) is 18.1 Å². The van der Waals surface area contributed by atoms with Gasteiger partial charge in [-0.1, -0.05) is 0 Å². The predicted molar refractivity (Wildman–Crippen MR) is 58.2 cm³/mol. The molecule has 1 atom stereocenters. The molecule has 1 fully saturated rings. The normalized spacial score (nSPS) is 30.6. The van der Waals surface area contributed by atoms with E-state index in [1.165, 1.54) is 12.3 Å². The van der Waals surface area contributed by atoms with Crippen LogP contribution in [0.25, 0.3) is 0 Å². The summed E-state index contributed by atoms with van der Waals surface area (Å²) in [6.07, 6.45) is 2.18. The third-order valence-corrected chi connectivity index (χ3v) is 4.40. The molecule has 1 N–H and O–H groups in total. The zero-order chi connectivity index (χ0) is 11.9. The van der Waals surface area contributed by atoms with Crippen molar-refractivity contribution in [2.45, 2.75) is 16.9 Å². The van der Waals surface area contributed by atoms with Crippen molar-refractivity contribution in [1.29, 1.82) is 0 Å². The number of fused-ring (bicyclic) bond motifs is 1. The van der Waals surface area contributed by atoms with Gasteiger partial charge in [0.05, 0.1) is 19.8 Å². The average molecular weight is 256 g/mol. The fourth-order valence-corrected chi connectivity index (χ4v) is 3.20. The van der Waals surface area contributed by atoms with Gasteiger partial charge in [-0.05, 0) is 12.1 Å². The van der Waals surface area contributed by atoms with Crippen molar-refractivity contribution in [2.75, 3.05) is 19.8 Å². The summed E-state index contributed by atoms with van der Waals surface area (Å²) in [5.41, 5.74) is -0.618. The molecule has 0 bridgehead atoms. The van der Waals surface area contributed by atoms with Crippen LogP contribution in [0.3, 0.4) is 0 Å². The average Bonchev–Trinajstić information content (AvgIpc) is 2.72. The van der Waals surface area contributed by atoms with Crippen LogP contribution in [0.2, 0.25) is 0 Å². The third-order valence-electron chi connectivity index (χ3n) is 2.99. The molecule has 17 heavy (non-hydrogen) atoms. The highest BCUT2D eigenvalue weighted by Crippen LogP contribution is 2.32. The molecule has 0 radical (unpaired) electrons. The Kier molecular flexibility index (Phi) is 2.35. The Labute approximate surface area is 99.0 Å². The Hall–Kier alpha value is -1.18. The first-order valence-electron chi connectivity index (χ1n) is 5.33. The summed E-state index contributed by atoms with van der Waals surface area (Å²) in [7, 11) is -3.54. The van der Waals surface area contributed by atoms with E-state index in [9.17, 15) is 8.42 Å². The van der Waals surface area contributed by atoms with Gasteiger partial charge in [-0.15, -0.1) is 0 Å². The van der Waals surface area contributed by atoms with Crippen LogP contribution in [-0.4, -0.2) is 38.8 Å². The van der Waals surface area contributed by atoms with Gasteiger partial charge in [-0.3, -0.25) is 0 Å². The number of pyridine rings is 1. The molecule has 1 spiro atoms. The van der Waals surface area contributed by atoms with E-state index in [2.05, 4.69) is 9.71 Å². The minimum absolute atomic E-state index is 0.0868. The number of rotatable bonds is 0. The molecular weight excluding hydrogens is 244 g/mol. The quantitative estimate of drug-likeness (QED) is 0.702. The van der Waals surface area contributed by atoms with E-state index in [1.807, 2.05) is 0 Å². The molecule has 0 amide bonds. The Morgan fingerprint density at radius 1 is 1.47 bits per heavy atom. The predicted octanol–water partition coefficient (Wildman–Crippen LogP) is -0.0886. The van der Waals surface area contributed by atoms with Crippen molar-refractivity contribution in [3.8, 4) is 5.88 Å². The zero-order valence-electron chi connectivity index (χ0n) is 9.05. The molecule has 3 heterocycles. The van der Waals surface area contributed by atoms with Gasteiger partial charge in [0.15, 0.2) is 0 Å². The maximum atomic E-state index is 12.0. The lowest BCUT2D eigenvalue weighted by molar-refractivity contribution is 0.0502. The van der Waals surface area contributed by atoms with E-state index in [0.717, 1.165) is 0 Å². The minimum Gasteiger partial charge on any atom is -0.466 e. The molecule has 0 saturated carbocycles. The smallest absolute Gasteiger partial charge is 0.246 e. The standard InChI is InChI=1S/C10H12N2O4S/c13-17(14)8-2-1-4-11-9(8)16-10(6-12-17)3-5-15-7-10/h1-2,4,12H,3,5-7H2/t10-/m1/s1. The Morgan fingerprint density at radius 3 is 3.12 bits per heavy atom. The highest BCUT2D eigenvalue weighted by molar-refractivity contribution is 7.89. The molecule has 7 heteroatoms. The highest BCUT2D eigenvalue weighted by atomic mass is 32.2. The number of sulfonamides is 1. The van der Waals surface area contributed by atoms with Crippen LogP contribution in [0.5, 0.6) is 5.88 Å². The lowest BCUT2D eigenvalue weighted by atomic mass is 10.0. The zero-order valence-corrected chi connectivity index (χ0v) is 9.87. The van der Waals surface area contributed by atoms with E-state index in [1.54, 1.807) is 6.07 Å². The fourth-order valence-electron chi connectivity index (χ4n) is 2.01. The van der Waals surface area contributed by atoms with Crippen molar-refractivity contribution >= 4 is 10.0 Å². The van der Waals surface area contributed by atoms with Crippen LogP contribution in [0.15, 0.2) is 23.2 Å². The monoisotopic (exact) mass is 256 g/mol. The molecular formula is C10H12N2O4S. The van der Waals surface area contributed by atoms with Crippen molar-refractivity contribution in [3.63, 3.8) is 0 Å². The van der Waals surface area contributed by atoms with Gasteiger partial charge in [0, 0.05) is 12.6 Å². The number of aromatic nitrogens is 1. The molecule has 1 aromatic heterocycles. The van der Waals surface area contributed by atoms with Crippen molar-refractivity contribution in [3.05, 3.63) is 18.3 Å². The van der Waals surface area contributed by atoms with Gasteiger partial charge in [0.25, 0.3) is 0 Å². The number of ether oxygens (including phenoxy) is 2. The summed E-state index contributed by atoms with van der Waals surface area (Å²) in [4.78, 5) is 4.08. The number of nitrogens with zero attached hydrogens (tertiary/aromatic N) is 1. The molecule has 6 nitrogen and oxygen atoms in total. The molecule has 0 aromatic carbocycles. The minimum atomic E-state index is -3.54. The third kappa shape index (κ3) is 1.80. The van der Waals surface area contributed by atoms with E-state index >= 15 is 0 Å². The van der Waals surface area contributed by atoms with Gasteiger partial charge in [-0.2, -0.15) is 0 Å².